The molecule has 0 saturated heterocycles. The van der Waals surface area contributed by atoms with Crippen molar-refractivity contribution in [2.45, 2.75) is 19.8 Å². The topological polar surface area (TPSA) is 0 Å². The quantitative estimate of drug-likeness (QED) is 0.674. The van der Waals surface area contributed by atoms with E-state index in [2.05, 4.69) is 60.0 Å². The fraction of sp³-hybridized carbons (Fsp3) is 0.273. The highest BCUT2D eigenvalue weighted by Gasteiger charge is 2.05. The van der Waals surface area contributed by atoms with Crippen LogP contribution in [0.25, 0.3) is 10.1 Å². The normalized spacial score (nSPS) is 11.4. The van der Waals surface area contributed by atoms with Crippen LogP contribution in [0, 0.1) is 3.57 Å². The molecule has 0 atom stereocenters. The molecule has 68 valence electrons. The first-order valence-corrected chi connectivity index (χ1v) is 6.31. The van der Waals surface area contributed by atoms with E-state index in [1.54, 1.807) is 0 Å². The monoisotopic (exact) mass is 302 g/mol. The average Bonchev–Trinajstić information content (AvgIpc) is 2.51. The molecule has 0 saturated carbocycles. The van der Waals surface area contributed by atoms with Gasteiger partial charge in [0.05, 0.1) is 0 Å². The van der Waals surface area contributed by atoms with Gasteiger partial charge in [-0.3, -0.25) is 0 Å². The van der Waals surface area contributed by atoms with E-state index >= 15 is 0 Å². The molecule has 2 heteroatoms. The summed E-state index contributed by atoms with van der Waals surface area (Å²) in [6.07, 6.45) is 0. The van der Waals surface area contributed by atoms with Crippen molar-refractivity contribution in [2.75, 3.05) is 0 Å². The number of benzene rings is 1. The summed E-state index contributed by atoms with van der Waals surface area (Å²) in [7, 11) is 0. The third kappa shape index (κ3) is 1.74. The second-order valence-electron chi connectivity index (χ2n) is 3.50. The van der Waals surface area contributed by atoms with E-state index < -0.39 is 0 Å². The molecule has 0 fully saturated rings. The molecule has 1 aromatic carbocycles. The molecule has 1 heterocycles. The van der Waals surface area contributed by atoms with Crippen molar-refractivity contribution in [3.05, 3.63) is 32.7 Å². The summed E-state index contributed by atoms with van der Waals surface area (Å²) >= 11 is 4.25. The highest BCUT2D eigenvalue weighted by Crippen LogP contribution is 2.30. The molecule has 0 aliphatic rings. The summed E-state index contributed by atoms with van der Waals surface area (Å²) in [5, 5.41) is 3.55. The molecule has 2 rings (SSSR count). The lowest BCUT2D eigenvalue weighted by molar-refractivity contribution is 0.868. The molecule has 2 aromatic rings. The van der Waals surface area contributed by atoms with Crippen LogP contribution >= 0.6 is 33.9 Å². The van der Waals surface area contributed by atoms with Crippen LogP contribution < -0.4 is 0 Å². The minimum absolute atomic E-state index is 0.623. The SMILES string of the molecule is CC(C)c1cc(I)c2sccc2c1. The van der Waals surface area contributed by atoms with Crippen molar-refractivity contribution < 1.29 is 0 Å². The van der Waals surface area contributed by atoms with E-state index in [9.17, 15) is 0 Å². The number of hydrogen-bond acceptors (Lipinski definition) is 1. The molecule has 13 heavy (non-hydrogen) atoms. The fourth-order valence-corrected chi connectivity index (χ4v) is 3.23. The highest BCUT2D eigenvalue weighted by molar-refractivity contribution is 14.1. The average molecular weight is 302 g/mol. The second-order valence-corrected chi connectivity index (χ2v) is 5.57. The Balaban J connectivity index is 2.70. The lowest BCUT2D eigenvalue weighted by Crippen LogP contribution is -1.87. The largest absolute Gasteiger partial charge is 0.143 e. The lowest BCUT2D eigenvalue weighted by Gasteiger charge is -2.06. The number of rotatable bonds is 1. The molecular formula is C11H11IS. The minimum atomic E-state index is 0.623. The maximum absolute atomic E-state index is 2.42. The predicted octanol–water partition coefficient (Wildman–Crippen LogP) is 4.63. The predicted molar refractivity (Wildman–Crippen MR) is 68.6 cm³/mol. The summed E-state index contributed by atoms with van der Waals surface area (Å²) in [6.45, 7) is 4.48. The minimum Gasteiger partial charge on any atom is -0.143 e. The van der Waals surface area contributed by atoms with Gasteiger partial charge >= 0.3 is 0 Å². The van der Waals surface area contributed by atoms with Crippen LogP contribution in [0.5, 0.6) is 0 Å². The lowest BCUT2D eigenvalue weighted by atomic mass is 10.0. The number of thiophene rings is 1. The molecule has 1 aromatic heterocycles. The molecule has 0 spiro atoms. The van der Waals surface area contributed by atoms with Crippen LogP contribution in [0.2, 0.25) is 0 Å². The van der Waals surface area contributed by atoms with Crippen molar-refractivity contribution in [2.24, 2.45) is 0 Å². The van der Waals surface area contributed by atoms with Gasteiger partial charge in [0.15, 0.2) is 0 Å². The van der Waals surface area contributed by atoms with Gasteiger partial charge in [-0.1, -0.05) is 13.8 Å². The van der Waals surface area contributed by atoms with Gasteiger partial charge in [0.1, 0.15) is 0 Å². The smallest absolute Gasteiger partial charge is 0.0476 e. The second kappa shape index (κ2) is 3.58. The third-order valence-corrected chi connectivity index (χ3v) is 4.38. The van der Waals surface area contributed by atoms with Gasteiger partial charge in [-0.2, -0.15) is 0 Å². The Kier molecular flexibility index (Phi) is 2.60. The van der Waals surface area contributed by atoms with Crippen molar-refractivity contribution in [3.63, 3.8) is 0 Å². The molecule has 0 aliphatic carbocycles. The molecule has 0 amide bonds. The van der Waals surface area contributed by atoms with Gasteiger partial charge < -0.3 is 0 Å². The van der Waals surface area contributed by atoms with Crippen molar-refractivity contribution in [3.8, 4) is 0 Å². The summed E-state index contributed by atoms with van der Waals surface area (Å²) in [5.74, 6) is 0.623. The number of hydrogen-bond donors (Lipinski definition) is 0. The van der Waals surface area contributed by atoms with Crippen LogP contribution in [0.3, 0.4) is 0 Å². The van der Waals surface area contributed by atoms with E-state index in [-0.39, 0.29) is 0 Å². The Labute approximate surface area is 96.1 Å². The zero-order valence-electron chi connectivity index (χ0n) is 7.67. The van der Waals surface area contributed by atoms with E-state index in [0.717, 1.165) is 0 Å². The zero-order valence-corrected chi connectivity index (χ0v) is 10.6. The first-order valence-electron chi connectivity index (χ1n) is 4.35. The molecular weight excluding hydrogens is 291 g/mol. The number of halogens is 1. The van der Waals surface area contributed by atoms with Gasteiger partial charge in [-0.15, -0.1) is 11.3 Å². The van der Waals surface area contributed by atoms with Crippen molar-refractivity contribution in [1.82, 2.24) is 0 Å². The fourth-order valence-electron chi connectivity index (χ4n) is 1.39. The Hall–Kier alpha value is -0.0900. The van der Waals surface area contributed by atoms with Gasteiger partial charge in [0, 0.05) is 8.27 Å². The van der Waals surface area contributed by atoms with Crippen LogP contribution in [0.1, 0.15) is 25.3 Å². The standard InChI is InChI=1S/C11H11IS/c1-7(2)9-5-8-3-4-13-11(8)10(12)6-9/h3-7H,1-2H3. The number of fused-ring (bicyclic) bond motifs is 1. The Morgan fingerprint density at radius 3 is 2.77 bits per heavy atom. The van der Waals surface area contributed by atoms with Crippen molar-refractivity contribution in [1.29, 1.82) is 0 Å². The summed E-state index contributed by atoms with van der Waals surface area (Å²) in [4.78, 5) is 0. The van der Waals surface area contributed by atoms with Crippen LogP contribution in [-0.4, -0.2) is 0 Å². The van der Waals surface area contributed by atoms with E-state index in [4.69, 9.17) is 0 Å². The molecule has 0 bridgehead atoms. The maximum Gasteiger partial charge on any atom is 0.0476 e. The van der Waals surface area contributed by atoms with Gasteiger partial charge in [-0.25, -0.2) is 0 Å². The summed E-state index contributed by atoms with van der Waals surface area (Å²) in [6, 6.07) is 6.80. The van der Waals surface area contributed by atoms with Crippen LogP contribution in [0.15, 0.2) is 23.6 Å². The van der Waals surface area contributed by atoms with E-state index in [1.165, 1.54) is 19.2 Å². The first-order chi connectivity index (χ1) is 6.18. The van der Waals surface area contributed by atoms with Gasteiger partial charge in [-0.05, 0) is 63.0 Å². The van der Waals surface area contributed by atoms with Crippen molar-refractivity contribution >= 4 is 44.0 Å². The van der Waals surface area contributed by atoms with Gasteiger partial charge in [0.2, 0.25) is 0 Å². The van der Waals surface area contributed by atoms with E-state index in [0.29, 0.717) is 5.92 Å². The van der Waals surface area contributed by atoms with E-state index in [1.807, 2.05) is 11.3 Å². The van der Waals surface area contributed by atoms with Crippen LogP contribution in [0.4, 0.5) is 0 Å². The first kappa shape index (κ1) is 9.46. The Morgan fingerprint density at radius 2 is 2.08 bits per heavy atom. The third-order valence-electron chi connectivity index (χ3n) is 2.19. The summed E-state index contributed by atoms with van der Waals surface area (Å²) < 4.78 is 2.80. The molecule has 0 N–H and O–H groups in total. The maximum atomic E-state index is 2.42. The Bertz CT molecular complexity index is 429. The molecule has 0 nitrogen and oxygen atoms in total. The zero-order chi connectivity index (χ0) is 9.42. The molecule has 0 radical (unpaired) electrons. The summed E-state index contributed by atoms with van der Waals surface area (Å²) in [5.41, 5.74) is 1.44. The molecule has 0 aliphatic heterocycles. The Morgan fingerprint density at radius 1 is 1.31 bits per heavy atom. The van der Waals surface area contributed by atoms with Gasteiger partial charge in [0.25, 0.3) is 0 Å². The molecule has 0 unspecified atom stereocenters. The highest BCUT2D eigenvalue weighted by atomic mass is 127. The van der Waals surface area contributed by atoms with Crippen LogP contribution in [-0.2, 0) is 0 Å².